The molecule has 1 rings (SSSR count). The zero-order valence-corrected chi connectivity index (χ0v) is 9.75. The minimum atomic E-state index is 0.992. The molecule has 0 atom stereocenters. The summed E-state index contributed by atoms with van der Waals surface area (Å²) in [6.07, 6.45) is 12.5. The van der Waals surface area contributed by atoms with Gasteiger partial charge in [-0.3, -0.25) is 4.99 Å². The normalized spacial score (nSPS) is 15.4. The molecule has 78 valence electrons. The van der Waals surface area contributed by atoms with E-state index >= 15 is 0 Å². The zero-order chi connectivity index (χ0) is 10.8. The molecule has 0 radical (unpaired) electrons. The van der Waals surface area contributed by atoms with Crippen LogP contribution in [0.2, 0.25) is 0 Å². The van der Waals surface area contributed by atoms with Crippen LogP contribution in [0.25, 0.3) is 0 Å². The highest BCUT2D eigenvalue weighted by Gasteiger charge is 1.91. The Bertz CT molecular complexity index is 254. The molecule has 0 saturated carbocycles. The average molecular weight is 191 g/mol. The number of hydrogen-bond donors (Lipinski definition) is 0. The van der Waals surface area contributed by atoms with Crippen LogP contribution in [0.3, 0.4) is 0 Å². The summed E-state index contributed by atoms with van der Waals surface area (Å²) in [6, 6.07) is 0. The van der Waals surface area contributed by atoms with Crippen molar-refractivity contribution in [1.82, 2.24) is 0 Å². The molecule has 1 aliphatic carbocycles. The Morgan fingerprint density at radius 3 is 2.50 bits per heavy atom. The van der Waals surface area contributed by atoms with Crippen LogP contribution in [0.4, 0.5) is 0 Å². The van der Waals surface area contributed by atoms with Gasteiger partial charge in [0.2, 0.25) is 0 Å². The summed E-state index contributed by atoms with van der Waals surface area (Å²) < 4.78 is 0. The van der Waals surface area contributed by atoms with E-state index in [0.29, 0.717) is 0 Å². The molecule has 0 bridgehead atoms. The van der Waals surface area contributed by atoms with E-state index in [1.54, 1.807) is 0 Å². The summed E-state index contributed by atoms with van der Waals surface area (Å²) in [4.78, 5) is 4.19. The summed E-state index contributed by atoms with van der Waals surface area (Å²) >= 11 is 0. The Kier molecular flexibility index (Phi) is 7.81. The lowest BCUT2D eigenvalue weighted by Gasteiger charge is -1.87. The Labute approximate surface area is 87.9 Å². The summed E-state index contributed by atoms with van der Waals surface area (Å²) in [7, 11) is 0. The second kappa shape index (κ2) is 8.49. The molecule has 0 amide bonds. The lowest BCUT2D eigenvalue weighted by Crippen LogP contribution is -1.70. The zero-order valence-electron chi connectivity index (χ0n) is 9.75. The van der Waals surface area contributed by atoms with Crippen molar-refractivity contribution in [2.45, 2.75) is 40.5 Å². The van der Waals surface area contributed by atoms with Crippen LogP contribution < -0.4 is 0 Å². The molecule has 1 aliphatic rings. The van der Waals surface area contributed by atoms with Gasteiger partial charge in [0.1, 0.15) is 0 Å². The maximum absolute atomic E-state index is 4.19. The largest absolute Gasteiger partial charge is 0.262 e. The number of hydrogen-bond acceptors (Lipinski definition) is 1. The van der Waals surface area contributed by atoms with Crippen molar-refractivity contribution in [2.75, 3.05) is 0 Å². The lowest BCUT2D eigenvalue weighted by molar-refractivity contribution is 1.09. The summed E-state index contributed by atoms with van der Waals surface area (Å²) in [5.41, 5.74) is 2.36. The van der Waals surface area contributed by atoms with Crippen molar-refractivity contribution in [3.8, 4) is 0 Å². The predicted octanol–water partition coefficient (Wildman–Crippen LogP) is 4.28. The maximum Gasteiger partial charge on any atom is 0.0588 e. The third kappa shape index (κ3) is 6.41. The molecule has 0 aromatic carbocycles. The van der Waals surface area contributed by atoms with E-state index in [9.17, 15) is 0 Å². The van der Waals surface area contributed by atoms with Gasteiger partial charge in [-0.25, -0.2) is 0 Å². The van der Waals surface area contributed by atoms with Gasteiger partial charge in [0.25, 0.3) is 0 Å². The number of aliphatic imine (C=N–C) groups is 1. The number of nitrogens with zero attached hydrogens (tertiary/aromatic N) is 1. The Hall–Kier alpha value is -1.11. The third-order valence-electron chi connectivity index (χ3n) is 1.56. The van der Waals surface area contributed by atoms with E-state index in [1.165, 1.54) is 12.0 Å². The minimum Gasteiger partial charge on any atom is -0.262 e. The van der Waals surface area contributed by atoms with Crippen LogP contribution in [-0.4, -0.2) is 6.21 Å². The monoisotopic (exact) mass is 191 g/mol. The van der Waals surface area contributed by atoms with Gasteiger partial charge in [-0.15, -0.1) is 0 Å². The number of allylic oxidation sites excluding steroid dienone is 5. The molecule has 14 heavy (non-hydrogen) atoms. The molecule has 0 fully saturated rings. The van der Waals surface area contributed by atoms with E-state index in [2.05, 4.69) is 44.0 Å². The fourth-order valence-electron chi connectivity index (χ4n) is 0.963. The minimum absolute atomic E-state index is 0.992. The predicted molar refractivity (Wildman–Crippen MR) is 65.7 cm³/mol. The molecule has 0 heterocycles. The fourth-order valence-corrected chi connectivity index (χ4v) is 0.963. The Morgan fingerprint density at radius 1 is 1.29 bits per heavy atom. The molecular formula is C13H21N. The van der Waals surface area contributed by atoms with Crippen LogP contribution >= 0.6 is 0 Å². The van der Waals surface area contributed by atoms with Crippen molar-refractivity contribution in [1.29, 1.82) is 0 Å². The lowest BCUT2D eigenvalue weighted by atomic mass is 10.2. The first-order chi connectivity index (χ1) is 6.74. The highest BCUT2D eigenvalue weighted by Crippen LogP contribution is 2.10. The molecule has 0 N–H and O–H groups in total. The van der Waals surface area contributed by atoms with E-state index in [-0.39, 0.29) is 0 Å². The van der Waals surface area contributed by atoms with Crippen LogP contribution in [-0.2, 0) is 0 Å². The SMILES string of the molecule is CC=NC1=CCC=C(C)C=C1.CCC. The Morgan fingerprint density at radius 2 is 1.93 bits per heavy atom. The van der Waals surface area contributed by atoms with E-state index in [4.69, 9.17) is 0 Å². The Balaban J connectivity index is 0.000000500. The van der Waals surface area contributed by atoms with Crippen LogP contribution in [0.5, 0.6) is 0 Å². The molecular weight excluding hydrogens is 170 g/mol. The standard InChI is InChI=1S/C10H13N.C3H8/c1-3-11-10-6-4-5-9(2)7-8-10;1-3-2/h3,5-8H,4H2,1-2H3;3H2,1-2H3. The highest BCUT2D eigenvalue weighted by molar-refractivity contribution is 5.56. The van der Waals surface area contributed by atoms with Crippen molar-refractivity contribution < 1.29 is 0 Å². The molecule has 1 heteroatoms. The molecule has 0 unspecified atom stereocenters. The molecule has 0 aromatic heterocycles. The first-order valence-electron chi connectivity index (χ1n) is 5.28. The summed E-state index contributed by atoms with van der Waals surface area (Å²) in [6.45, 7) is 8.28. The molecule has 0 spiro atoms. The van der Waals surface area contributed by atoms with Crippen molar-refractivity contribution in [2.24, 2.45) is 4.99 Å². The van der Waals surface area contributed by atoms with E-state index in [1.807, 2.05) is 19.2 Å². The quantitative estimate of drug-likeness (QED) is 0.548. The van der Waals surface area contributed by atoms with Gasteiger partial charge in [0, 0.05) is 6.21 Å². The van der Waals surface area contributed by atoms with Gasteiger partial charge in [-0.05, 0) is 26.3 Å². The summed E-state index contributed by atoms with van der Waals surface area (Å²) in [5.74, 6) is 0. The van der Waals surface area contributed by atoms with Crippen molar-refractivity contribution in [3.05, 3.63) is 35.6 Å². The van der Waals surface area contributed by atoms with Gasteiger partial charge in [-0.2, -0.15) is 0 Å². The average Bonchev–Trinajstić information content (AvgIpc) is 2.33. The van der Waals surface area contributed by atoms with Crippen molar-refractivity contribution in [3.63, 3.8) is 0 Å². The molecule has 0 aromatic rings. The van der Waals surface area contributed by atoms with Crippen molar-refractivity contribution >= 4 is 6.21 Å². The first-order valence-corrected chi connectivity index (χ1v) is 5.28. The van der Waals surface area contributed by atoms with Gasteiger partial charge in [-0.1, -0.05) is 44.1 Å². The molecule has 1 nitrogen and oxygen atoms in total. The fraction of sp³-hybridized carbons (Fsp3) is 0.462. The van der Waals surface area contributed by atoms with Gasteiger partial charge in [0.15, 0.2) is 0 Å². The maximum atomic E-state index is 4.19. The second-order valence-electron chi connectivity index (χ2n) is 3.24. The van der Waals surface area contributed by atoms with Gasteiger partial charge < -0.3 is 0 Å². The number of rotatable bonds is 1. The topological polar surface area (TPSA) is 12.4 Å². The highest BCUT2D eigenvalue weighted by atomic mass is 14.7. The van der Waals surface area contributed by atoms with Crippen LogP contribution in [0, 0.1) is 0 Å². The molecule has 0 saturated heterocycles. The third-order valence-corrected chi connectivity index (χ3v) is 1.56. The van der Waals surface area contributed by atoms with Crippen LogP contribution in [0.15, 0.2) is 40.6 Å². The van der Waals surface area contributed by atoms with E-state index < -0.39 is 0 Å². The molecule has 0 aliphatic heterocycles. The van der Waals surface area contributed by atoms with Gasteiger partial charge in [0.05, 0.1) is 5.70 Å². The summed E-state index contributed by atoms with van der Waals surface area (Å²) in [5, 5.41) is 0. The van der Waals surface area contributed by atoms with E-state index in [0.717, 1.165) is 12.1 Å². The smallest absolute Gasteiger partial charge is 0.0588 e. The second-order valence-corrected chi connectivity index (χ2v) is 3.24. The first kappa shape index (κ1) is 12.9. The van der Waals surface area contributed by atoms with Gasteiger partial charge >= 0.3 is 0 Å². The van der Waals surface area contributed by atoms with Crippen LogP contribution in [0.1, 0.15) is 40.5 Å².